The van der Waals surface area contributed by atoms with E-state index >= 15 is 0 Å². The number of hydrogen-bond acceptors (Lipinski definition) is 15. The van der Waals surface area contributed by atoms with Crippen LogP contribution in [0.1, 0.15) is 306 Å². The lowest BCUT2D eigenvalue weighted by atomic mass is 10.00. The van der Waals surface area contributed by atoms with Gasteiger partial charge < -0.3 is 33.8 Å². The van der Waals surface area contributed by atoms with Gasteiger partial charge >= 0.3 is 39.5 Å². The number of esters is 4. The molecule has 0 saturated heterocycles. The summed E-state index contributed by atoms with van der Waals surface area (Å²) in [6.45, 7) is 13.9. The van der Waals surface area contributed by atoms with Gasteiger partial charge in [-0.2, -0.15) is 0 Å². The Morgan fingerprint density at radius 3 is 0.855 bits per heavy atom. The lowest BCUT2D eigenvalue weighted by molar-refractivity contribution is -0.161. The molecule has 0 aromatic carbocycles. The van der Waals surface area contributed by atoms with Gasteiger partial charge in [0.25, 0.3) is 0 Å². The Morgan fingerprint density at radius 2 is 0.578 bits per heavy atom. The highest BCUT2D eigenvalue weighted by atomic mass is 31.2. The first kappa shape index (κ1) is 81.1. The van der Waals surface area contributed by atoms with E-state index in [1.165, 1.54) is 96.3 Å². The van der Waals surface area contributed by atoms with E-state index in [0.717, 1.165) is 120 Å². The van der Waals surface area contributed by atoms with Gasteiger partial charge in [0.2, 0.25) is 0 Å². The molecule has 0 aliphatic heterocycles. The molecule has 0 spiro atoms. The van der Waals surface area contributed by atoms with Gasteiger partial charge in [-0.3, -0.25) is 37.3 Å². The molecule has 4 unspecified atom stereocenters. The molecular weight excluding hydrogens is 1100 g/mol. The van der Waals surface area contributed by atoms with E-state index in [-0.39, 0.29) is 25.7 Å². The molecule has 0 radical (unpaired) electrons. The molecule has 19 heteroatoms. The molecule has 492 valence electrons. The lowest BCUT2D eigenvalue weighted by Crippen LogP contribution is -2.30. The van der Waals surface area contributed by atoms with Crippen molar-refractivity contribution < 1.29 is 80.2 Å². The first-order valence-electron chi connectivity index (χ1n) is 33.3. The minimum atomic E-state index is -4.95. The molecule has 0 aliphatic rings. The van der Waals surface area contributed by atoms with E-state index in [2.05, 4.69) is 55.4 Å². The van der Waals surface area contributed by atoms with Crippen LogP contribution < -0.4 is 0 Å². The lowest BCUT2D eigenvalue weighted by Gasteiger charge is -2.21. The van der Waals surface area contributed by atoms with Crippen LogP contribution in [-0.2, 0) is 65.4 Å². The van der Waals surface area contributed by atoms with Crippen LogP contribution in [0.2, 0.25) is 0 Å². The van der Waals surface area contributed by atoms with E-state index in [9.17, 15) is 43.2 Å². The third-order valence-electron chi connectivity index (χ3n) is 15.3. The summed E-state index contributed by atoms with van der Waals surface area (Å²) in [6, 6.07) is 0. The monoisotopic (exact) mass is 1230 g/mol. The largest absolute Gasteiger partial charge is 0.472 e. The summed E-state index contributed by atoms with van der Waals surface area (Å²) in [7, 11) is -9.89. The Labute approximate surface area is 505 Å². The highest BCUT2D eigenvalue weighted by Crippen LogP contribution is 2.45. The maximum absolute atomic E-state index is 13.0. The van der Waals surface area contributed by atoms with Crippen molar-refractivity contribution in [2.45, 2.75) is 324 Å². The smallest absolute Gasteiger partial charge is 0.462 e. The molecule has 3 N–H and O–H groups in total. The van der Waals surface area contributed by atoms with E-state index < -0.39 is 97.5 Å². The SMILES string of the molecule is CCC(C)CCCCCCCCC(=O)OC[C@H](COP(=O)(O)OC[C@@H](O)COP(=O)(O)OC[C@@H](COC(=O)CCCCCCCCC(C)C)OC(=O)CCCCCCCCC(C)CC)OC(=O)CCCCCCCCCCCCCC(C)C. The summed E-state index contributed by atoms with van der Waals surface area (Å²) in [5.74, 6) is 0.753. The number of hydrogen-bond donors (Lipinski definition) is 3. The van der Waals surface area contributed by atoms with E-state index in [1.54, 1.807) is 0 Å². The summed E-state index contributed by atoms with van der Waals surface area (Å²) in [5, 5.41) is 10.5. The van der Waals surface area contributed by atoms with E-state index in [4.69, 9.17) is 37.0 Å². The zero-order valence-corrected chi connectivity index (χ0v) is 55.6. The zero-order chi connectivity index (χ0) is 61.8. The van der Waals surface area contributed by atoms with Crippen molar-refractivity contribution in [1.29, 1.82) is 0 Å². The topological polar surface area (TPSA) is 237 Å². The van der Waals surface area contributed by atoms with E-state index in [1.807, 2.05) is 0 Å². The van der Waals surface area contributed by atoms with Crippen LogP contribution in [-0.4, -0.2) is 96.7 Å². The predicted octanol–water partition coefficient (Wildman–Crippen LogP) is 17.4. The Morgan fingerprint density at radius 1 is 0.337 bits per heavy atom. The second-order valence-corrected chi connectivity index (χ2v) is 27.5. The van der Waals surface area contributed by atoms with Crippen molar-refractivity contribution in [2.24, 2.45) is 23.7 Å². The molecule has 0 fully saturated rings. The average molecular weight is 1230 g/mol. The number of unbranched alkanes of at least 4 members (excludes halogenated alkanes) is 25. The molecule has 0 aliphatic carbocycles. The van der Waals surface area contributed by atoms with Crippen LogP contribution in [0.15, 0.2) is 0 Å². The maximum Gasteiger partial charge on any atom is 0.472 e. The summed E-state index contributed by atoms with van der Waals surface area (Å²) >= 11 is 0. The summed E-state index contributed by atoms with van der Waals surface area (Å²) in [6.07, 6.45) is 33.7. The number of carbonyl (C=O) groups excluding carboxylic acids is 4. The average Bonchev–Trinajstić information content (AvgIpc) is 3.45. The molecule has 17 nitrogen and oxygen atoms in total. The van der Waals surface area contributed by atoms with Crippen molar-refractivity contribution in [3.63, 3.8) is 0 Å². The number of aliphatic hydroxyl groups excluding tert-OH is 1. The standard InChI is InChI=1S/C64H124O17P2/c1-9-56(7)42-34-26-19-22-29-37-45-62(67)75-50-59(80-63(68)46-38-30-17-15-13-11-12-14-16-24-32-40-54(3)4)52-78-82(70,71)76-48-58(65)49-77-83(72,73)79-53-60(51-74-61(66)44-36-28-21-18-25-33-41-55(5)6)81-64(69)47-39-31-23-20-27-35-43-57(8)10-2/h54-60,65H,9-53H2,1-8H3,(H,70,71)(H,72,73)/t56?,57?,58-,59-,60-/m1/s1. The van der Waals surface area contributed by atoms with Gasteiger partial charge in [0.15, 0.2) is 12.2 Å². The number of carbonyl (C=O) groups is 4. The van der Waals surface area contributed by atoms with Crippen molar-refractivity contribution in [3.05, 3.63) is 0 Å². The Kier molecular flexibility index (Phi) is 53.0. The third-order valence-corrected chi connectivity index (χ3v) is 17.2. The second-order valence-electron chi connectivity index (χ2n) is 24.6. The second kappa shape index (κ2) is 54.2. The normalized spacial score (nSPS) is 15.1. The quantitative estimate of drug-likeness (QED) is 0.0222. The number of phosphoric ester groups is 2. The molecule has 7 atom stereocenters. The number of rotatable bonds is 61. The van der Waals surface area contributed by atoms with Gasteiger partial charge in [-0.05, 0) is 49.4 Å². The van der Waals surface area contributed by atoms with Crippen molar-refractivity contribution in [2.75, 3.05) is 39.6 Å². The minimum absolute atomic E-state index is 0.101. The fourth-order valence-electron chi connectivity index (χ4n) is 9.36. The van der Waals surface area contributed by atoms with E-state index in [0.29, 0.717) is 31.6 Å². The number of aliphatic hydroxyl groups is 1. The fourth-order valence-corrected chi connectivity index (χ4v) is 10.9. The predicted molar refractivity (Wildman–Crippen MR) is 331 cm³/mol. The van der Waals surface area contributed by atoms with Crippen LogP contribution in [0.4, 0.5) is 0 Å². The van der Waals surface area contributed by atoms with Gasteiger partial charge in [0, 0.05) is 25.7 Å². The van der Waals surface area contributed by atoms with Gasteiger partial charge in [0.1, 0.15) is 19.3 Å². The van der Waals surface area contributed by atoms with Gasteiger partial charge in [-0.15, -0.1) is 0 Å². The minimum Gasteiger partial charge on any atom is -0.462 e. The summed E-state index contributed by atoms with van der Waals surface area (Å²) in [5.41, 5.74) is 0. The van der Waals surface area contributed by atoms with Crippen LogP contribution in [0.3, 0.4) is 0 Å². The van der Waals surface area contributed by atoms with Crippen molar-refractivity contribution >= 4 is 39.5 Å². The zero-order valence-electron chi connectivity index (χ0n) is 53.8. The molecular formula is C64H124O17P2. The molecule has 0 heterocycles. The van der Waals surface area contributed by atoms with Crippen molar-refractivity contribution in [1.82, 2.24) is 0 Å². The van der Waals surface area contributed by atoms with Crippen LogP contribution >= 0.6 is 15.6 Å². The first-order chi connectivity index (χ1) is 39.7. The van der Waals surface area contributed by atoms with Crippen LogP contribution in [0, 0.1) is 23.7 Å². The van der Waals surface area contributed by atoms with Gasteiger partial charge in [-0.1, -0.05) is 254 Å². The molecule has 0 aromatic rings. The summed E-state index contributed by atoms with van der Waals surface area (Å²) < 4.78 is 68.0. The molecule has 0 saturated carbocycles. The Balaban J connectivity index is 5.25. The number of ether oxygens (including phenoxy) is 4. The Bertz CT molecular complexity index is 1670. The van der Waals surface area contributed by atoms with Crippen LogP contribution in [0.5, 0.6) is 0 Å². The number of phosphoric acid groups is 2. The summed E-state index contributed by atoms with van der Waals surface area (Å²) in [4.78, 5) is 72.2. The molecule has 0 bridgehead atoms. The van der Waals surface area contributed by atoms with Gasteiger partial charge in [0.05, 0.1) is 26.4 Å². The third kappa shape index (κ3) is 56.3. The highest BCUT2D eigenvalue weighted by Gasteiger charge is 2.30. The highest BCUT2D eigenvalue weighted by molar-refractivity contribution is 7.47. The van der Waals surface area contributed by atoms with Crippen molar-refractivity contribution in [3.8, 4) is 0 Å². The first-order valence-corrected chi connectivity index (χ1v) is 36.3. The van der Waals surface area contributed by atoms with Crippen LogP contribution in [0.25, 0.3) is 0 Å². The molecule has 0 aromatic heterocycles. The molecule has 83 heavy (non-hydrogen) atoms. The maximum atomic E-state index is 13.0. The Hall–Kier alpha value is -1.94. The molecule has 0 rings (SSSR count). The van der Waals surface area contributed by atoms with Gasteiger partial charge in [-0.25, -0.2) is 9.13 Å². The molecule has 0 amide bonds. The fraction of sp³-hybridized carbons (Fsp3) is 0.938.